The molecule has 2 saturated carbocycles. The highest BCUT2D eigenvalue weighted by Crippen LogP contribution is 2.34. The average Bonchev–Trinajstić information content (AvgIpc) is 3.60. The second-order valence-corrected chi connectivity index (χ2v) is 11.6. The fraction of sp³-hybridized carbons (Fsp3) is 0.786. The number of anilines is 2. The zero-order chi connectivity index (χ0) is 26.3. The number of hydrogen-bond donors (Lipinski definition) is 4. The predicted octanol–water partition coefficient (Wildman–Crippen LogP) is 5.63. The summed E-state index contributed by atoms with van der Waals surface area (Å²) in [7, 11) is 0. The van der Waals surface area contributed by atoms with Crippen molar-refractivity contribution in [3.63, 3.8) is 0 Å². The lowest BCUT2D eigenvalue weighted by Gasteiger charge is -2.32. The molecule has 0 aromatic carbocycles. The number of urea groups is 1. The Morgan fingerprint density at radius 3 is 2.33 bits per heavy atom. The van der Waals surface area contributed by atoms with Crippen molar-refractivity contribution >= 4 is 53.8 Å². The number of hydrogen-bond acceptors (Lipinski definition) is 7. The Labute approximate surface area is 251 Å². The minimum absolute atomic E-state index is 0. The van der Waals surface area contributed by atoms with E-state index in [9.17, 15) is 4.79 Å². The van der Waals surface area contributed by atoms with Gasteiger partial charge in [-0.25, -0.2) is 9.78 Å². The van der Waals surface area contributed by atoms with Crippen molar-refractivity contribution in [3.8, 4) is 0 Å². The van der Waals surface area contributed by atoms with Crippen LogP contribution in [0.4, 0.5) is 16.6 Å². The van der Waals surface area contributed by atoms with E-state index in [0.29, 0.717) is 24.1 Å². The van der Waals surface area contributed by atoms with Crippen LogP contribution in [0.1, 0.15) is 103 Å². The number of carbonyl (C=O) groups excluding carboxylic acids is 1. The maximum atomic E-state index is 12.6. The molecule has 1 aliphatic heterocycles. The van der Waals surface area contributed by atoms with Gasteiger partial charge in [0.05, 0.1) is 6.33 Å². The van der Waals surface area contributed by atoms with Gasteiger partial charge < -0.3 is 31.2 Å². The van der Waals surface area contributed by atoms with E-state index in [-0.39, 0.29) is 36.9 Å². The summed E-state index contributed by atoms with van der Waals surface area (Å²) in [4.78, 5) is 29.2. The molecule has 0 radical (unpaired) electrons. The Morgan fingerprint density at radius 1 is 0.925 bits per heavy atom. The van der Waals surface area contributed by atoms with Crippen LogP contribution in [0.15, 0.2) is 6.33 Å². The molecule has 226 valence electrons. The first-order chi connectivity index (χ1) is 18.6. The lowest BCUT2D eigenvalue weighted by molar-refractivity contribution is 0.183. The molecule has 2 amide bonds. The van der Waals surface area contributed by atoms with Gasteiger partial charge in [0.25, 0.3) is 0 Å². The summed E-state index contributed by atoms with van der Waals surface area (Å²) < 4.78 is 2.27. The van der Waals surface area contributed by atoms with Gasteiger partial charge in [0.1, 0.15) is 0 Å². The lowest BCUT2D eigenvalue weighted by atomic mass is 9.92. The summed E-state index contributed by atoms with van der Waals surface area (Å²) in [6, 6.07) is 1.45. The summed E-state index contributed by atoms with van der Waals surface area (Å²) in [6.07, 6.45) is 17.5. The van der Waals surface area contributed by atoms with Crippen molar-refractivity contribution in [2.45, 2.75) is 121 Å². The minimum Gasteiger partial charge on any atom is -0.365 e. The van der Waals surface area contributed by atoms with E-state index in [1.54, 1.807) is 0 Å². The third-order valence-electron chi connectivity index (χ3n) is 8.67. The number of aromatic nitrogens is 4. The Bertz CT molecular complexity index is 1050. The minimum atomic E-state index is 0. The number of halogens is 2. The second-order valence-electron chi connectivity index (χ2n) is 11.6. The van der Waals surface area contributed by atoms with Gasteiger partial charge in [0, 0.05) is 43.8 Å². The van der Waals surface area contributed by atoms with Gasteiger partial charge in [0.15, 0.2) is 17.0 Å². The number of imidazole rings is 1. The predicted molar refractivity (Wildman–Crippen MR) is 167 cm³/mol. The molecule has 0 spiro atoms. The first-order valence-corrected chi connectivity index (χ1v) is 15.2. The molecule has 1 saturated heterocycles. The number of rotatable bonds is 10. The number of nitrogens with two attached hydrogens (primary N) is 1. The first kappa shape index (κ1) is 32.5. The van der Waals surface area contributed by atoms with E-state index in [1.165, 1.54) is 44.9 Å². The lowest BCUT2D eigenvalue weighted by Crippen LogP contribution is -2.47. The molecule has 40 heavy (non-hydrogen) atoms. The number of likely N-dealkylation sites (tertiary alicyclic amines) is 1. The van der Waals surface area contributed by atoms with Gasteiger partial charge in [-0.15, -0.1) is 24.8 Å². The Kier molecular flexibility index (Phi) is 12.8. The molecule has 0 unspecified atom stereocenters. The van der Waals surface area contributed by atoms with E-state index in [0.717, 1.165) is 81.6 Å². The van der Waals surface area contributed by atoms with Crippen molar-refractivity contribution in [2.24, 2.45) is 5.73 Å². The van der Waals surface area contributed by atoms with E-state index < -0.39 is 0 Å². The molecule has 2 aromatic rings. The van der Waals surface area contributed by atoms with E-state index in [4.69, 9.17) is 20.7 Å². The number of nitrogens with zero attached hydrogens (tertiary/aromatic N) is 5. The molecule has 5 rings (SSSR count). The van der Waals surface area contributed by atoms with Gasteiger partial charge in [-0.05, 0) is 57.8 Å². The maximum absolute atomic E-state index is 12.6. The molecule has 3 fully saturated rings. The van der Waals surface area contributed by atoms with Crippen LogP contribution in [-0.2, 0) is 0 Å². The number of unbranched alkanes of at least 4 members (excludes halogenated alkanes) is 3. The summed E-state index contributed by atoms with van der Waals surface area (Å²) in [5.41, 5.74) is 7.90. The Morgan fingerprint density at radius 2 is 1.62 bits per heavy atom. The molecule has 2 aliphatic carbocycles. The molecule has 12 heteroatoms. The highest BCUT2D eigenvalue weighted by atomic mass is 35.5. The van der Waals surface area contributed by atoms with E-state index in [2.05, 4.69) is 27.4 Å². The van der Waals surface area contributed by atoms with Crippen LogP contribution >= 0.6 is 24.8 Å². The number of piperidine rings is 1. The van der Waals surface area contributed by atoms with Crippen LogP contribution in [0.5, 0.6) is 0 Å². The monoisotopic (exact) mass is 597 g/mol. The van der Waals surface area contributed by atoms with Gasteiger partial charge in [-0.2, -0.15) is 9.97 Å². The van der Waals surface area contributed by atoms with Crippen molar-refractivity contribution in [3.05, 3.63) is 6.33 Å². The normalized spacial score (nSPS) is 22.0. The number of fused-ring (bicyclic) bond motifs is 1. The van der Waals surface area contributed by atoms with Gasteiger partial charge in [-0.3, -0.25) is 0 Å². The zero-order valence-corrected chi connectivity index (χ0v) is 25.6. The standard InChI is InChI=1S/C28H47N9O.2ClH/c1-2-3-4-7-16-30-28(38)36-17-14-22(15-18-36)32-25-24-26(37(19-31-24)23-8-5-6-9-23)35-27(34-25)33-21-12-10-20(29)11-13-21;;/h19-23H,2-18,29H2,1H3,(H,30,38)(H2,32,33,34,35);2*1H/t20-,21-;;. The highest BCUT2D eigenvalue weighted by molar-refractivity contribution is 5.86. The fourth-order valence-corrected chi connectivity index (χ4v) is 6.26. The van der Waals surface area contributed by atoms with Gasteiger partial charge in [0.2, 0.25) is 5.95 Å². The quantitative estimate of drug-likeness (QED) is 0.261. The van der Waals surface area contributed by atoms with Crippen molar-refractivity contribution in [1.82, 2.24) is 29.7 Å². The summed E-state index contributed by atoms with van der Waals surface area (Å²) >= 11 is 0. The molecular weight excluding hydrogens is 549 g/mol. The van der Waals surface area contributed by atoms with Crippen LogP contribution in [0, 0.1) is 0 Å². The smallest absolute Gasteiger partial charge is 0.317 e. The fourth-order valence-electron chi connectivity index (χ4n) is 6.26. The molecule has 5 N–H and O–H groups in total. The molecule has 0 atom stereocenters. The summed E-state index contributed by atoms with van der Waals surface area (Å²) in [5.74, 6) is 1.49. The third kappa shape index (κ3) is 8.26. The Hall–Kier alpha value is -2.04. The SMILES string of the molecule is CCCCCCNC(=O)N1CCC(Nc2nc(N[C@H]3CC[C@H](N)CC3)nc3c2ncn3C2CCCC2)CC1.Cl.Cl. The van der Waals surface area contributed by atoms with E-state index in [1.807, 2.05) is 11.2 Å². The van der Waals surface area contributed by atoms with Crippen LogP contribution in [0.25, 0.3) is 11.2 Å². The summed E-state index contributed by atoms with van der Waals surface area (Å²) in [6.45, 7) is 4.46. The maximum Gasteiger partial charge on any atom is 0.317 e. The highest BCUT2D eigenvalue weighted by Gasteiger charge is 2.27. The van der Waals surface area contributed by atoms with Crippen molar-refractivity contribution in [1.29, 1.82) is 0 Å². The van der Waals surface area contributed by atoms with Crippen LogP contribution < -0.4 is 21.7 Å². The molecule has 10 nitrogen and oxygen atoms in total. The van der Waals surface area contributed by atoms with Gasteiger partial charge in [-0.1, -0.05) is 39.0 Å². The second kappa shape index (κ2) is 15.8. The molecule has 3 heterocycles. The largest absolute Gasteiger partial charge is 0.365 e. The summed E-state index contributed by atoms with van der Waals surface area (Å²) in [5, 5.41) is 10.4. The van der Waals surface area contributed by atoms with Crippen molar-refractivity contribution in [2.75, 3.05) is 30.3 Å². The van der Waals surface area contributed by atoms with Crippen LogP contribution in [0.3, 0.4) is 0 Å². The first-order valence-electron chi connectivity index (χ1n) is 15.2. The molecule has 3 aliphatic rings. The van der Waals surface area contributed by atoms with Crippen LogP contribution in [-0.4, -0.2) is 68.2 Å². The molecule has 2 aromatic heterocycles. The third-order valence-corrected chi connectivity index (χ3v) is 8.67. The number of nitrogens with one attached hydrogen (secondary N) is 3. The van der Waals surface area contributed by atoms with Crippen LogP contribution in [0.2, 0.25) is 0 Å². The topological polar surface area (TPSA) is 126 Å². The van der Waals surface area contributed by atoms with Gasteiger partial charge >= 0.3 is 6.03 Å². The molecule has 0 bridgehead atoms. The average molecular weight is 599 g/mol. The number of amides is 2. The van der Waals surface area contributed by atoms with Crippen molar-refractivity contribution < 1.29 is 4.79 Å². The zero-order valence-electron chi connectivity index (χ0n) is 23.9. The number of carbonyl (C=O) groups is 1. The van der Waals surface area contributed by atoms with E-state index >= 15 is 0 Å². The molecular formula is C28H49Cl2N9O. The Balaban J connectivity index is 0.00000220.